The molecule has 1 aliphatic rings. The number of nitrogens with zero attached hydrogens (tertiary/aromatic N) is 6. The molecule has 0 radical (unpaired) electrons. The predicted octanol–water partition coefficient (Wildman–Crippen LogP) is 1.95. The van der Waals surface area contributed by atoms with Gasteiger partial charge in [-0.1, -0.05) is 19.7 Å². The molecule has 10 bridgehead atoms. The first-order chi connectivity index (χ1) is 34.3. The molecule has 25 nitrogen and oxygen atoms in total. The number of aliphatic hydroxyl groups is 1. The number of thioether (sulfide) groups is 1. The Labute approximate surface area is 422 Å². The van der Waals surface area contributed by atoms with Gasteiger partial charge in [-0.3, -0.25) is 38.4 Å². The van der Waals surface area contributed by atoms with Crippen molar-refractivity contribution in [2.75, 3.05) is 12.0 Å². The number of hydrogen-bond donors (Lipinski definition) is 9. The Hall–Kier alpha value is -8.25. The molecule has 0 aliphatic carbocycles. The van der Waals surface area contributed by atoms with Gasteiger partial charge < -0.3 is 56.9 Å². The molecule has 4 atom stereocenters. The fourth-order valence-electron chi connectivity index (χ4n) is 6.20. The van der Waals surface area contributed by atoms with Gasteiger partial charge in [-0.2, -0.15) is 11.8 Å². The Balaban J connectivity index is 1.20. The van der Waals surface area contributed by atoms with Crippen molar-refractivity contribution >= 4 is 98.7 Å². The van der Waals surface area contributed by atoms with Crippen LogP contribution in [0.5, 0.6) is 0 Å². The van der Waals surface area contributed by atoms with Gasteiger partial charge in [0.25, 0.3) is 41.4 Å². The molecule has 6 aromatic heterocycles. The summed E-state index contributed by atoms with van der Waals surface area (Å²) in [6.45, 7) is 13.7. The van der Waals surface area contributed by atoms with E-state index in [1.54, 1.807) is 13.2 Å². The fraction of sp³-hybridized carbons (Fsp3) is 0.209. The van der Waals surface area contributed by atoms with E-state index in [-0.39, 0.29) is 80.3 Å². The average Bonchev–Trinajstić information content (AvgIpc) is 4.21. The van der Waals surface area contributed by atoms with Gasteiger partial charge in [0.2, 0.25) is 17.7 Å². The number of nitrogens with two attached hydrogens (primary N) is 1. The molecule has 6 aromatic rings. The minimum atomic E-state index is -1.54. The summed E-state index contributed by atoms with van der Waals surface area (Å²) in [4.78, 5) is 131. The Bertz CT molecular complexity index is 3190. The van der Waals surface area contributed by atoms with Crippen molar-refractivity contribution in [3.05, 3.63) is 122 Å². The summed E-state index contributed by atoms with van der Waals surface area (Å²) in [5.74, 6) is -6.71. The van der Waals surface area contributed by atoms with Crippen LogP contribution in [0.15, 0.2) is 80.7 Å². The molecule has 0 saturated carbocycles. The van der Waals surface area contributed by atoms with Crippen molar-refractivity contribution in [2.45, 2.75) is 44.6 Å². The van der Waals surface area contributed by atoms with E-state index >= 15 is 0 Å². The molecule has 7 heterocycles. The van der Waals surface area contributed by atoms with E-state index in [4.69, 9.17) is 14.6 Å². The highest BCUT2D eigenvalue weighted by atomic mass is 32.2. The van der Waals surface area contributed by atoms with E-state index in [2.05, 4.69) is 86.9 Å². The molecule has 10 N–H and O–H groups in total. The highest BCUT2D eigenvalue weighted by Crippen LogP contribution is 2.34. The minimum absolute atomic E-state index is 0.0465. The molecule has 7 rings (SSSR count). The predicted molar refractivity (Wildman–Crippen MR) is 260 cm³/mol. The number of aliphatic hydroxyl groups excluding tert-OH is 1. The second-order valence-electron chi connectivity index (χ2n) is 15.2. The zero-order chi connectivity index (χ0) is 52.0. The van der Waals surface area contributed by atoms with Crippen molar-refractivity contribution in [1.29, 1.82) is 0 Å². The standard InChI is InChI=1S/C43H40N14O11S4/c1-16(32(44)59)47-35(62)22-8-7-21-31(52-22)28-9-46-40(68-28)18(3)49-33(60)17(2)48-37(64)25-14-71-42(55-25)19(4)50-36(63)24-13-70-29(51-24)10-45-34(61)23-11-67-41(54-23)27(12-69-6)53-39(66)30(20(5)58)57-38(65)26-15-72-43(21)56-26/h7-9,11,13-15,19-20,27,30,58H,1-3,10,12H2,4-6H3,(H2,44,59)(H,45,61)(H,47,62)(H,48,64)(H,49,60)(H,50,63)(H,53,66)(H,57,65). The maximum absolute atomic E-state index is 13.7. The summed E-state index contributed by atoms with van der Waals surface area (Å²) in [5.41, 5.74) is 3.71. The highest BCUT2D eigenvalue weighted by Gasteiger charge is 2.32. The first-order valence-electron chi connectivity index (χ1n) is 20.8. The lowest BCUT2D eigenvalue weighted by Gasteiger charge is -2.23. The van der Waals surface area contributed by atoms with E-state index in [1.165, 1.54) is 53.2 Å². The molecule has 29 heteroatoms. The number of oxazole rings is 2. The number of pyridine rings is 1. The summed E-state index contributed by atoms with van der Waals surface area (Å²) in [5, 5.41) is 33.5. The van der Waals surface area contributed by atoms with Crippen molar-refractivity contribution in [3.63, 3.8) is 0 Å². The van der Waals surface area contributed by atoms with E-state index in [0.717, 1.165) is 40.3 Å². The SMILES string of the molecule is C=C(NC(=O)c1ccc2c(n1)-c1cnc(o1)C(=C)NC(=O)C(=C)NC(=O)c1csc(n1)C(C)NC(=O)c1csc(n1)CNC(=O)c1coc(n1)C(CSC)NC(=O)C(C(C)O)NC(=O)c1csc-2n1)C(N)=O. The van der Waals surface area contributed by atoms with Crippen molar-refractivity contribution in [1.82, 2.24) is 67.1 Å². The largest absolute Gasteiger partial charge is 0.446 e. The number of hydrogen-bond acceptors (Lipinski definition) is 21. The lowest BCUT2D eigenvalue weighted by molar-refractivity contribution is -0.126. The number of thiazole rings is 3. The van der Waals surface area contributed by atoms with Crippen molar-refractivity contribution in [2.24, 2.45) is 5.73 Å². The van der Waals surface area contributed by atoms with Crippen LogP contribution in [0.25, 0.3) is 27.7 Å². The molecule has 0 aromatic carbocycles. The molecule has 8 amide bonds. The monoisotopic (exact) mass is 1060 g/mol. The van der Waals surface area contributed by atoms with E-state index in [1.807, 2.05) is 0 Å². The smallest absolute Gasteiger partial charge is 0.275 e. The zero-order valence-electron chi connectivity index (χ0n) is 37.8. The van der Waals surface area contributed by atoms with Gasteiger partial charge in [0.15, 0.2) is 11.5 Å². The first-order valence-corrected chi connectivity index (χ1v) is 24.8. The first kappa shape index (κ1) is 51.6. The highest BCUT2D eigenvalue weighted by molar-refractivity contribution is 7.98. The molecule has 4 unspecified atom stereocenters. The Morgan fingerprint density at radius 1 is 0.875 bits per heavy atom. The Morgan fingerprint density at radius 3 is 2.31 bits per heavy atom. The number of primary amides is 1. The molecule has 372 valence electrons. The molecule has 0 spiro atoms. The van der Waals surface area contributed by atoms with Gasteiger partial charge in [0.05, 0.1) is 42.0 Å². The van der Waals surface area contributed by atoms with E-state index in [9.17, 15) is 43.5 Å². The van der Waals surface area contributed by atoms with Crippen molar-refractivity contribution < 1.29 is 52.3 Å². The van der Waals surface area contributed by atoms with Gasteiger partial charge in [0.1, 0.15) is 61.8 Å². The zero-order valence-corrected chi connectivity index (χ0v) is 41.1. The minimum Gasteiger partial charge on any atom is -0.446 e. The second-order valence-corrected chi connectivity index (χ2v) is 18.8. The number of fused-ring (bicyclic) bond motifs is 13. The van der Waals surface area contributed by atoms with Crippen LogP contribution in [0.3, 0.4) is 0 Å². The molecule has 0 fully saturated rings. The van der Waals surface area contributed by atoms with Gasteiger partial charge in [-0.05, 0) is 32.2 Å². The molecule has 72 heavy (non-hydrogen) atoms. The van der Waals surface area contributed by atoms with Gasteiger partial charge in [-0.15, -0.1) is 34.0 Å². The lowest BCUT2D eigenvalue weighted by Crippen LogP contribution is -2.53. The normalized spacial score (nSPS) is 17.9. The molecule has 0 saturated heterocycles. The summed E-state index contributed by atoms with van der Waals surface area (Å²) in [6.07, 6.45) is 2.60. The summed E-state index contributed by atoms with van der Waals surface area (Å²) >= 11 is 4.44. The van der Waals surface area contributed by atoms with Crippen LogP contribution in [0.1, 0.15) is 100 Å². The van der Waals surface area contributed by atoms with Gasteiger partial charge in [-0.25, -0.2) is 29.9 Å². The molecule has 1 aliphatic heterocycles. The summed E-state index contributed by atoms with van der Waals surface area (Å²) in [7, 11) is 0. The quantitative estimate of drug-likeness (QED) is 0.108. The van der Waals surface area contributed by atoms with Gasteiger partial charge >= 0.3 is 0 Å². The number of aromatic nitrogens is 6. The Morgan fingerprint density at radius 2 is 1.57 bits per heavy atom. The maximum Gasteiger partial charge on any atom is 0.275 e. The van der Waals surface area contributed by atoms with Crippen LogP contribution < -0.4 is 43.0 Å². The average molecular weight is 1060 g/mol. The topological polar surface area (TPSA) is 371 Å². The lowest BCUT2D eigenvalue weighted by atomic mass is 10.1. The number of carbonyl (C=O) groups excluding carboxylic acids is 8. The number of rotatable bonds is 6. The third-order valence-corrected chi connectivity index (χ3v) is 13.3. The fourth-order valence-corrected chi connectivity index (χ4v) is 9.10. The number of amides is 8. The van der Waals surface area contributed by atoms with Crippen LogP contribution >= 0.6 is 45.8 Å². The van der Waals surface area contributed by atoms with Gasteiger partial charge in [0, 0.05) is 27.5 Å². The summed E-state index contributed by atoms with van der Waals surface area (Å²) in [6, 6.07) is -0.465. The third kappa shape index (κ3) is 12.0. The third-order valence-electron chi connectivity index (χ3n) is 9.87. The molecular formula is C43H40N14O11S4. The van der Waals surface area contributed by atoms with Crippen LogP contribution in [-0.2, 0) is 20.9 Å². The van der Waals surface area contributed by atoms with E-state index in [0.29, 0.717) is 10.0 Å². The van der Waals surface area contributed by atoms with Crippen LogP contribution in [0.2, 0.25) is 0 Å². The van der Waals surface area contributed by atoms with Crippen LogP contribution in [0, 0.1) is 0 Å². The van der Waals surface area contributed by atoms with Crippen LogP contribution in [0.4, 0.5) is 0 Å². The second kappa shape index (κ2) is 22.2. The summed E-state index contributed by atoms with van der Waals surface area (Å²) < 4.78 is 11.5. The Kier molecular flexibility index (Phi) is 15.9. The maximum atomic E-state index is 13.7. The number of nitrogens with one attached hydrogen (secondary N) is 7. The molecular weight excluding hydrogens is 1020 g/mol. The van der Waals surface area contributed by atoms with Crippen molar-refractivity contribution in [3.8, 4) is 22.0 Å². The van der Waals surface area contributed by atoms with Crippen LogP contribution in [-0.4, -0.2) is 106 Å². The van der Waals surface area contributed by atoms with E-state index < -0.39 is 82.9 Å². The number of carbonyl (C=O) groups is 8.